The third-order valence-corrected chi connectivity index (χ3v) is 12.0. The maximum absolute atomic E-state index is 14.6. The molecule has 0 aliphatic rings. The standard InChI is InChI=1S/C27H31ClF3N5O3Si/c1-16(39-40(6,7)26(2,3)4)15-36-24(27(29,30)31)18(14-34-36)23-20(25-32-12-9-13-33-25)22(35-38-23)17-10-8-11-19(37-5)21(17)28/h8-14,16H,15H2,1-7H3/t16-/m1/s1. The summed E-state index contributed by atoms with van der Waals surface area (Å²) in [6.07, 6.45) is -1.22. The summed E-state index contributed by atoms with van der Waals surface area (Å²) in [5, 5.41) is 8.34. The first-order valence-corrected chi connectivity index (χ1v) is 15.9. The first kappa shape index (κ1) is 29.8. The highest BCUT2D eigenvalue weighted by Gasteiger charge is 2.43. The topological polar surface area (TPSA) is 88.1 Å². The molecule has 0 amide bonds. The van der Waals surface area contributed by atoms with Gasteiger partial charge in [-0.1, -0.05) is 49.7 Å². The van der Waals surface area contributed by atoms with E-state index in [0.29, 0.717) is 11.3 Å². The molecule has 214 valence electrons. The predicted octanol–water partition coefficient (Wildman–Crippen LogP) is 7.75. The van der Waals surface area contributed by atoms with Crippen LogP contribution in [0.3, 0.4) is 0 Å². The van der Waals surface area contributed by atoms with Crippen molar-refractivity contribution in [1.29, 1.82) is 0 Å². The molecule has 1 atom stereocenters. The van der Waals surface area contributed by atoms with Gasteiger partial charge in [0.05, 0.1) is 42.1 Å². The fourth-order valence-electron chi connectivity index (χ4n) is 4.09. The number of benzene rings is 1. The molecule has 40 heavy (non-hydrogen) atoms. The van der Waals surface area contributed by atoms with Crippen molar-refractivity contribution < 1.29 is 26.9 Å². The van der Waals surface area contributed by atoms with Gasteiger partial charge < -0.3 is 13.7 Å². The third-order valence-electron chi connectivity index (χ3n) is 7.00. The van der Waals surface area contributed by atoms with Crippen LogP contribution in [0.5, 0.6) is 5.75 Å². The van der Waals surface area contributed by atoms with E-state index in [1.165, 1.54) is 19.5 Å². The summed E-state index contributed by atoms with van der Waals surface area (Å²) >= 11 is 6.55. The van der Waals surface area contributed by atoms with Gasteiger partial charge in [0, 0.05) is 18.0 Å². The van der Waals surface area contributed by atoms with Crippen molar-refractivity contribution in [3.63, 3.8) is 0 Å². The van der Waals surface area contributed by atoms with Crippen LogP contribution < -0.4 is 4.74 Å². The van der Waals surface area contributed by atoms with Crippen LogP contribution in [0.25, 0.3) is 34.0 Å². The van der Waals surface area contributed by atoms with Crippen LogP contribution in [0, 0.1) is 0 Å². The normalized spacial score (nSPS) is 13.5. The smallest absolute Gasteiger partial charge is 0.433 e. The minimum absolute atomic E-state index is 0.106. The molecule has 3 aromatic heterocycles. The number of aromatic nitrogens is 5. The van der Waals surface area contributed by atoms with Gasteiger partial charge in [-0.2, -0.15) is 18.3 Å². The Labute approximate surface area is 236 Å². The molecule has 4 rings (SSSR count). The minimum atomic E-state index is -4.77. The van der Waals surface area contributed by atoms with Gasteiger partial charge in [-0.05, 0) is 37.2 Å². The lowest BCUT2D eigenvalue weighted by atomic mass is 10.0. The summed E-state index contributed by atoms with van der Waals surface area (Å²) in [6.45, 7) is 12.0. The monoisotopic (exact) mass is 593 g/mol. The van der Waals surface area contributed by atoms with Gasteiger partial charge in [0.2, 0.25) is 0 Å². The summed E-state index contributed by atoms with van der Waals surface area (Å²) in [7, 11) is -0.774. The van der Waals surface area contributed by atoms with Crippen LogP contribution in [0.4, 0.5) is 13.2 Å². The molecule has 1 aromatic carbocycles. The molecule has 0 aliphatic heterocycles. The van der Waals surface area contributed by atoms with Crippen LogP contribution in [-0.4, -0.2) is 46.4 Å². The predicted molar refractivity (Wildman–Crippen MR) is 148 cm³/mol. The highest BCUT2D eigenvalue weighted by Crippen LogP contribution is 2.46. The summed E-state index contributed by atoms with van der Waals surface area (Å²) < 4.78 is 61.9. The van der Waals surface area contributed by atoms with E-state index in [4.69, 9.17) is 25.3 Å². The van der Waals surface area contributed by atoms with E-state index >= 15 is 0 Å². The first-order valence-electron chi connectivity index (χ1n) is 12.6. The van der Waals surface area contributed by atoms with Crippen molar-refractivity contribution in [3.05, 3.63) is 53.6 Å². The Bertz CT molecular complexity index is 1480. The molecule has 0 unspecified atom stereocenters. The van der Waals surface area contributed by atoms with Crippen LogP contribution >= 0.6 is 11.6 Å². The second-order valence-corrected chi connectivity index (χ2v) is 16.0. The van der Waals surface area contributed by atoms with Gasteiger partial charge in [-0.25, -0.2) is 9.97 Å². The number of rotatable bonds is 8. The van der Waals surface area contributed by atoms with Crippen molar-refractivity contribution in [1.82, 2.24) is 24.9 Å². The lowest BCUT2D eigenvalue weighted by molar-refractivity contribution is -0.144. The Morgan fingerprint density at radius 3 is 2.35 bits per heavy atom. The molecular formula is C27H31ClF3N5O3Si. The van der Waals surface area contributed by atoms with E-state index in [0.717, 1.165) is 10.9 Å². The summed E-state index contributed by atoms with van der Waals surface area (Å²) in [6, 6.07) is 6.60. The number of alkyl halides is 3. The largest absolute Gasteiger partial charge is 0.495 e. The molecule has 0 aliphatic carbocycles. The quantitative estimate of drug-likeness (QED) is 0.193. The number of hydrogen-bond acceptors (Lipinski definition) is 7. The summed E-state index contributed by atoms with van der Waals surface area (Å²) in [5.41, 5.74) is -0.593. The van der Waals surface area contributed by atoms with Gasteiger partial charge in [-0.15, -0.1) is 0 Å². The zero-order valence-corrected chi connectivity index (χ0v) is 25.1. The van der Waals surface area contributed by atoms with E-state index in [1.54, 1.807) is 31.2 Å². The van der Waals surface area contributed by atoms with E-state index in [2.05, 4.69) is 54.1 Å². The van der Waals surface area contributed by atoms with Crippen molar-refractivity contribution in [2.24, 2.45) is 0 Å². The molecule has 13 heteroatoms. The molecule has 8 nitrogen and oxygen atoms in total. The highest BCUT2D eigenvalue weighted by atomic mass is 35.5. The molecule has 0 bridgehead atoms. The van der Waals surface area contributed by atoms with E-state index < -0.39 is 26.3 Å². The van der Waals surface area contributed by atoms with Gasteiger partial charge >= 0.3 is 6.18 Å². The van der Waals surface area contributed by atoms with Crippen LogP contribution in [0.1, 0.15) is 33.4 Å². The number of ether oxygens (including phenoxy) is 1. The fraction of sp³-hybridized carbons (Fsp3) is 0.407. The average molecular weight is 594 g/mol. The van der Waals surface area contributed by atoms with Gasteiger partial charge in [-0.3, -0.25) is 4.68 Å². The van der Waals surface area contributed by atoms with Gasteiger partial charge in [0.1, 0.15) is 11.4 Å². The maximum atomic E-state index is 14.6. The fourth-order valence-corrected chi connectivity index (χ4v) is 5.82. The molecule has 0 saturated carbocycles. The molecule has 3 heterocycles. The minimum Gasteiger partial charge on any atom is -0.495 e. The maximum Gasteiger partial charge on any atom is 0.433 e. The van der Waals surface area contributed by atoms with E-state index in [-0.39, 0.29) is 45.0 Å². The summed E-state index contributed by atoms with van der Waals surface area (Å²) in [4.78, 5) is 8.53. The van der Waals surface area contributed by atoms with Crippen molar-refractivity contribution >= 4 is 19.9 Å². The Hall–Kier alpha value is -3.22. The van der Waals surface area contributed by atoms with E-state index in [1.807, 2.05) is 0 Å². The molecule has 0 radical (unpaired) electrons. The Morgan fingerprint density at radius 2 is 1.75 bits per heavy atom. The van der Waals surface area contributed by atoms with Crippen LogP contribution in [-0.2, 0) is 17.1 Å². The second-order valence-electron chi connectivity index (χ2n) is 10.9. The van der Waals surface area contributed by atoms with Crippen LogP contribution in [0.2, 0.25) is 23.2 Å². The van der Waals surface area contributed by atoms with Crippen molar-refractivity contribution in [2.45, 2.75) is 64.7 Å². The first-order chi connectivity index (χ1) is 18.7. The van der Waals surface area contributed by atoms with Crippen LogP contribution in [0.15, 0.2) is 47.4 Å². The molecule has 0 saturated heterocycles. The van der Waals surface area contributed by atoms with Crippen molar-refractivity contribution in [3.8, 4) is 39.7 Å². The van der Waals surface area contributed by atoms with Crippen molar-refractivity contribution in [2.75, 3.05) is 7.11 Å². The lowest BCUT2D eigenvalue weighted by Gasteiger charge is -2.38. The number of hydrogen-bond donors (Lipinski definition) is 0. The molecule has 0 N–H and O–H groups in total. The average Bonchev–Trinajstić information content (AvgIpc) is 3.48. The molecular weight excluding hydrogens is 563 g/mol. The number of methoxy groups -OCH3 is 1. The molecule has 0 fully saturated rings. The number of nitrogens with zero attached hydrogens (tertiary/aromatic N) is 5. The highest BCUT2D eigenvalue weighted by molar-refractivity contribution is 6.74. The second kappa shape index (κ2) is 11.0. The molecule has 0 spiro atoms. The third kappa shape index (κ3) is 5.79. The zero-order valence-electron chi connectivity index (χ0n) is 23.3. The zero-order chi connectivity index (χ0) is 29.5. The van der Waals surface area contributed by atoms with Gasteiger partial charge in [0.15, 0.2) is 25.6 Å². The molecule has 4 aromatic rings. The Kier molecular flexibility index (Phi) is 8.17. The Balaban J connectivity index is 1.86. The van der Waals surface area contributed by atoms with E-state index in [9.17, 15) is 13.2 Å². The lowest BCUT2D eigenvalue weighted by Crippen LogP contribution is -2.44. The summed E-state index contributed by atoms with van der Waals surface area (Å²) in [5.74, 6) is 0.294. The number of halogens is 4. The SMILES string of the molecule is COc1cccc(-c2noc(-c3cnn(C[C@@H](C)O[Si](C)(C)C(C)(C)C)c3C(F)(F)F)c2-c2ncccn2)c1Cl. The van der Waals surface area contributed by atoms with Gasteiger partial charge in [0.25, 0.3) is 0 Å². The Morgan fingerprint density at radius 1 is 1.07 bits per heavy atom.